The second-order valence-corrected chi connectivity index (χ2v) is 11.1. The second-order valence-electron chi connectivity index (χ2n) is 11.1. The third-order valence-electron chi connectivity index (χ3n) is 6.81. The van der Waals surface area contributed by atoms with Crippen LogP contribution < -0.4 is 10.6 Å². The van der Waals surface area contributed by atoms with Crippen LogP contribution in [0.15, 0.2) is 47.1 Å². The monoisotopic (exact) mass is 505 g/mol. The number of aryl methyl sites for hydroxylation is 2. The SMILES string of the molecule is Cc1ccc(-n2nc(C(C)(C)C)cc2NC(=O)CN(Cc2ccco2)C(=O)NC2CCCCC2)c(C)c1. The van der Waals surface area contributed by atoms with E-state index in [-0.39, 0.29) is 36.5 Å². The summed E-state index contributed by atoms with van der Waals surface area (Å²) >= 11 is 0. The molecule has 1 aliphatic carbocycles. The lowest BCUT2D eigenvalue weighted by molar-refractivity contribution is -0.117. The zero-order valence-electron chi connectivity index (χ0n) is 22.6. The molecule has 8 nitrogen and oxygen atoms in total. The van der Waals surface area contributed by atoms with Crippen LogP contribution in [-0.4, -0.2) is 39.2 Å². The van der Waals surface area contributed by atoms with Crippen LogP contribution in [0, 0.1) is 13.8 Å². The van der Waals surface area contributed by atoms with Gasteiger partial charge in [0.1, 0.15) is 18.1 Å². The molecule has 3 amide bonds. The van der Waals surface area contributed by atoms with E-state index in [0.717, 1.165) is 48.2 Å². The molecular formula is C29H39N5O3. The number of anilines is 1. The summed E-state index contributed by atoms with van der Waals surface area (Å²) in [6, 6.07) is 11.5. The van der Waals surface area contributed by atoms with Gasteiger partial charge < -0.3 is 20.0 Å². The van der Waals surface area contributed by atoms with Crippen LogP contribution in [0.1, 0.15) is 75.5 Å². The maximum absolute atomic E-state index is 13.3. The lowest BCUT2D eigenvalue weighted by Crippen LogP contribution is -2.47. The van der Waals surface area contributed by atoms with Crippen molar-refractivity contribution in [1.82, 2.24) is 20.0 Å². The molecule has 0 radical (unpaired) electrons. The normalized spacial score (nSPS) is 14.4. The Labute approximate surface area is 219 Å². The van der Waals surface area contributed by atoms with E-state index in [1.807, 2.05) is 31.2 Å². The highest BCUT2D eigenvalue weighted by atomic mass is 16.3. The smallest absolute Gasteiger partial charge is 0.318 e. The molecule has 0 unspecified atom stereocenters. The molecule has 1 saturated carbocycles. The summed E-state index contributed by atoms with van der Waals surface area (Å²) in [6.45, 7) is 10.5. The Kier molecular flexibility index (Phi) is 8.05. The summed E-state index contributed by atoms with van der Waals surface area (Å²) in [5, 5.41) is 11.0. The molecule has 0 spiro atoms. The number of hydrogen-bond donors (Lipinski definition) is 2. The Hall–Kier alpha value is -3.55. The number of hydrogen-bond acceptors (Lipinski definition) is 4. The summed E-state index contributed by atoms with van der Waals surface area (Å²) in [5.74, 6) is 0.908. The van der Waals surface area contributed by atoms with Crippen LogP contribution in [0.5, 0.6) is 0 Å². The average molecular weight is 506 g/mol. The molecule has 0 atom stereocenters. The van der Waals surface area contributed by atoms with Gasteiger partial charge in [0.25, 0.3) is 0 Å². The zero-order chi connectivity index (χ0) is 26.6. The van der Waals surface area contributed by atoms with E-state index in [4.69, 9.17) is 9.52 Å². The van der Waals surface area contributed by atoms with Gasteiger partial charge in [-0.1, -0.05) is 57.7 Å². The molecule has 0 saturated heterocycles. The van der Waals surface area contributed by atoms with Gasteiger partial charge >= 0.3 is 6.03 Å². The van der Waals surface area contributed by atoms with Crippen LogP contribution in [0.2, 0.25) is 0 Å². The van der Waals surface area contributed by atoms with Crippen molar-refractivity contribution in [2.75, 3.05) is 11.9 Å². The Morgan fingerprint density at radius 1 is 1.11 bits per heavy atom. The molecule has 4 rings (SSSR count). The molecule has 1 fully saturated rings. The highest BCUT2D eigenvalue weighted by Crippen LogP contribution is 2.28. The highest BCUT2D eigenvalue weighted by Gasteiger charge is 2.25. The van der Waals surface area contributed by atoms with Crippen molar-refractivity contribution in [1.29, 1.82) is 0 Å². The summed E-state index contributed by atoms with van der Waals surface area (Å²) in [5.41, 5.74) is 3.79. The van der Waals surface area contributed by atoms with Crippen molar-refractivity contribution in [2.45, 2.75) is 84.7 Å². The first-order valence-electron chi connectivity index (χ1n) is 13.2. The van der Waals surface area contributed by atoms with Crippen molar-refractivity contribution >= 4 is 17.8 Å². The van der Waals surface area contributed by atoms with Gasteiger partial charge in [0, 0.05) is 17.5 Å². The number of urea groups is 1. The van der Waals surface area contributed by atoms with Gasteiger partial charge in [-0.15, -0.1) is 0 Å². The Bertz CT molecular complexity index is 1220. The van der Waals surface area contributed by atoms with Crippen LogP contribution in [0.25, 0.3) is 5.69 Å². The summed E-state index contributed by atoms with van der Waals surface area (Å²) in [7, 11) is 0. The minimum absolute atomic E-state index is 0.109. The summed E-state index contributed by atoms with van der Waals surface area (Å²) in [4.78, 5) is 28.0. The first kappa shape index (κ1) is 26.5. The zero-order valence-corrected chi connectivity index (χ0v) is 22.6. The van der Waals surface area contributed by atoms with E-state index in [9.17, 15) is 9.59 Å². The quantitative estimate of drug-likeness (QED) is 0.420. The number of aromatic nitrogens is 2. The maximum atomic E-state index is 13.3. The molecule has 37 heavy (non-hydrogen) atoms. The van der Waals surface area contributed by atoms with E-state index >= 15 is 0 Å². The van der Waals surface area contributed by atoms with Crippen molar-refractivity contribution in [2.24, 2.45) is 0 Å². The number of nitrogens with zero attached hydrogens (tertiary/aromatic N) is 3. The molecule has 2 heterocycles. The number of furan rings is 1. The first-order valence-corrected chi connectivity index (χ1v) is 13.2. The van der Waals surface area contributed by atoms with Gasteiger partial charge in [0.2, 0.25) is 5.91 Å². The molecule has 1 aliphatic rings. The fraction of sp³-hybridized carbons (Fsp3) is 0.483. The summed E-state index contributed by atoms with van der Waals surface area (Å²) < 4.78 is 7.26. The first-order chi connectivity index (χ1) is 17.6. The third kappa shape index (κ3) is 6.81. The minimum atomic E-state index is -0.295. The standard InChI is InChI=1S/C29H39N5O3/c1-20-13-14-24(21(2)16-20)34-26(17-25(32-34)29(3,4)5)31-27(35)19-33(18-23-12-9-15-37-23)28(36)30-22-10-7-6-8-11-22/h9,12-17,22H,6-8,10-11,18-19H2,1-5H3,(H,30,36)(H,31,35). The van der Waals surface area contributed by atoms with Crippen molar-refractivity contribution in [3.8, 4) is 5.69 Å². The van der Waals surface area contributed by atoms with Crippen LogP contribution in [0.4, 0.5) is 10.6 Å². The number of benzene rings is 1. The van der Waals surface area contributed by atoms with E-state index in [1.54, 1.807) is 17.0 Å². The molecule has 0 bridgehead atoms. The third-order valence-corrected chi connectivity index (χ3v) is 6.81. The highest BCUT2D eigenvalue weighted by molar-refractivity contribution is 5.94. The van der Waals surface area contributed by atoms with Gasteiger partial charge in [-0.25, -0.2) is 9.48 Å². The summed E-state index contributed by atoms with van der Waals surface area (Å²) in [6.07, 6.45) is 6.94. The fourth-order valence-corrected chi connectivity index (χ4v) is 4.72. The topological polar surface area (TPSA) is 92.4 Å². The van der Waals surface area contributed by atoms with Gasteiger partial charge in [-0.2, -0.15) is 5.10 Å². The van der Waals surface area contributed by atoms with E-state index in [1.165, 1.54) is 11.3 Å². The predicted octanol–water partition coefficient (Wildman–Crippen LogP) is 5.86. The molecule has 0 aliphatic heterocycles. The van der Waals surface area contributed by atoms with Gasteiger partial charge in [-0.3, -0.25) is 4.79 Å². The van der Waals surface area contributed by atoms with E-state index < -0.39 is 0 Å². The van der Waals surface area contributed by atoms with E-state index in [0.29, 0.717) is 11.6 Å². The number of carbonyl (C=O) groups is 2. The van der Waals surface area contributed by atoms with Crippen LogP contribution in [0.3, 0.4) is 0 Å². The lowest BCUT2D eigenvalue weighted by atomic mass is 9.92. The molecule has 198 valence electrons. The fourth-order valence-electron chi connectivity index (χ4n) is 4.72. The van der Waals surface area contributed by atoms with Crippen LogP contribution >= 0.6 is 0 Å². The molecule has 2 aromatic heterocycles. The molecule has 3 aromatic rings. The Balaban J connectivity index is 1.55. The number of nitrogens with one attached hydrogen (secondary N) is 2. The second kappa shape index (κ2) is 11.2. The van der Waals surface area contributed by atoms with Crippen molar-refractivity contribution in [3.05, 3.63) is 65.2 Å². The van der Waals surface area contributed by atoms with Crippen molar-refractivity contribution < 1.29 is 14.0 Å². The van der Waals surface area contributed by atoms with Gasteiger partial charge in [0.15, 0.2) is 0 Å². The largest absolute Gasteiger partial charge is 0.467 e. The van der Waals surface area contributed by atoms with Gasteiger partial charge in [0.05, 0.1) is 24.2 Å². The van der Waals surface area contributed by atoms with Gasteiger partial charge in [-0.05, 0) is 50.5 Å². The maximum Gasteiger partial charge on any atom is 0.318 e. The Morgan fingerprint density at radius 3 is 2.51 bits per heavy atom. The number of carbonyl (C=O) groups excluding carboxylic acids is 2. The predicted molar refractivity (Wildman–Crippen MR) is 145 cm³/mol. The Morgan fingerprint density at radius 2 is 1.86 bits per heavy atom. The van der Waals surface area contributed by atoms with E-state index in [2.05, 4.69) is 44.4 Å². The minimum Gasteiger partial charge on any atom is -0.467 e. The molecule has 2 N–H and O–H groups in total. The molecular weight excluding hydrogens is 466 g/mol. The van der Waals surface area contributed by atoms with Crippen molar-refractivity contribution in [3.63, 3.8) is 0 Å². The average Bonchev–Trinajstić information content (AvgIpc) is 3.49. The molecule has 8 heteroatoms. The number of amides is 3. The number of rotatable bonds is 7. The van der Waals surface area contributed by atoms with Crippen LogP contribution in [-0.2, 0) is 16.8 Å². The molecule has 1 aromatic carbocycles. The lowest BCUT2D eigenvalue weighted by Gasteiger charge is -2.27.